The number of amides is 1. The third kappa shape index (κ3) is 3.05. The van der Waals surface area contributed by atoms with Gasteiger partial charge in [-0.1, -0.05) is 18.2 Å². The number of carbonyl (C=O) groups excluding carboxylic acids is 1. The van der Waals surface area contributed by atoms with Gasteiger partial charge in [-0.3, -0.25) is 9.69 Å². The van der Waals surface area contributed by atoms with Crippen LogP contribution < -0.4 is 5.32 Å². The molecule has 0 aliphatic carbocycles. The molecule has 2 fully saturated rings. The van der Waals surface area contributed by atoms with Gasteiger partial charge in [0.05, 0.1) is 11.9 Å². The van der Waals surface area contributed by atoms with Crippen LogP contribution in [0.2, 0.25) is 0 Å². The van der Waals surface area contributed by atoms with Gasteiger partial charge in [0.1, 0.15) is 0 Å². The Hall–Kier alpha value is -2.25. The number of benzene rings is 1. The molecular formula is C17H22N6O. The average Bonchev–Trinajstić information content (AvgIpc) is 3.34. The molecule has 126 valence electrons. The Morgan fingerprint density at radius 2 is 1.92 bits per heavy atom. The minimum atomic E-state index is -0.0265. The number of piperazine rings is 1. The number of nitrogens with one attached hydrogen (secondary N) is 1. The van der Waals surface area contributed by atoms with Crippen LogP contribution >= 0.6 is 0 Å². The summed E-state index contributed by atoms with van der Waals surface area (Å²) in [6, 6.07) is 10.3. The van der Waals surface area contributed by atoms with E-state index >= 15 is 0 Å². The van der Waals surface area contributed by atoms with Crippen molar-refractivity contribution in [3.05, 3.63) is 42.2 Å². The molecule has 1 amide bonds. The van der Waals surface area contributed by atoms with E-state index < -0.39 is 0 Å². The van der Waals surface area contributed by atoms with Crippen molar-refractivity contribution in [2.75, 3.05) is 39.3 Å². The Morgan fingerprint density at radius 1 is 1.12 bits per heavy atom. The molecule has 2 saturated heterocycles. The molecule has 0 saturated carbocycles. The van der Waals surface area contributed by atoms with Gasteiger partial charge in [0.15, 0.2) is 5.69 Å². The van der Waals surface area contributed by atoms with Crippen molar-refractivity contribution in [2.24, 2.45) is 0 Å². The van der Waals surface area contributed by atoms with Gasteiger partial charge in [-0.2, -0.15) is 9.90 Å². The summed E-state index contributed by atoms with van der Waals surface area (Å²) < 4.78 is 0. The minimum Gasteiger partial charge on any atom is -0.335 e. The third-order valence-corrected chi connectivity index (χ3v) is 4.85. The highest BCUT2D eigenvalue weighted by molar-refractivity contribution is 5.92. The topological polar surface area (TPSA) is 66.3 Å². The first-order valence-corrected chi connectivity index (χ1v) is 8.53. The summed E-state index contributed by atoms with van der Waals surface area (Å²) in [7, 11) is 0. The summed E-state index contributed by atoms with van der Waals surface area (Å²) in [5, 5.41) is 12.0. The average molecular weight is 326 g/mol. The lowest BCUT2D eigenvalue weighted by Crippen LogP contribution is -2.52. The van der Waals surface area contributed by atoms with Crippen molar-refractivity contribution in [2.45, 2.75) is 12.5 Å². The van der Waals surface area contributed by atoms with Gasteiger partial charge in [0.25, 0.3) is 5.91 Å². The first-order chi connectivity index (χ1) is 11.8. The molecule has 0 bridgehead atoms. The molecular weight excluding hydrogens is 304 g/mol. The number of nitrogens with zero attached hydrogens (tertiary/aromatic N) is 5. The summed E-state index contributed by atoms with van der Waals surface area (Å²) >= 11 is 0. The number of aromatic nitrogens is 3. The van der Waals surface area contributed by atoms with Crippen molar-refractivity contribution in [3.8, 4) is 5.69 Å². The quantitative estimate of drug-likeness (QED) is 0.884. The van der Waals surface area contributed by atoms with E-state index in [1.807, 2.05) is 35.2 Å². The summed E-state index contributed by atoms with van der Waals surface area (Å²) in [6.07, 6.45) is 2.77. The Morgan fingerprint density at radius 3 is 2.62 bits per heavy atom. The van der Waals surface area contributed by atoms with Crippen LogP contribution in [0.4, 0.5) is 0 Å². The molecule has 1 atom stereocenters. The highest BCUT2D eigenvalue weighted by Gasteiger charge is 2.29. The second kappa shape index (κ2) is 6.70. The molecule has 2 aliphatic heterocycles. The van der Waals surface area contributed by atoms with E-state index in [0.717, 1.165) is 45.0 Å². The Balaban J connectivity index is 1.39. The van der Waals surface area contributed by atoms with Crippen LogP contribution in [-0.2, 0) is 0 Å². The molecule has 1 N–H and O–H groups in total. The van der Waals surface area contributed by atoms with Crippen LogP contribution in [0.3, 0.4) is 0 Å². The molecule has 7 heteroatoms. The normalized spacial score (nSPS) is 22.0. The monoisotopic (exact) mass is 326 g/mol. The van der Waals surface area contributed by atoms with Gasteiger partial charge in [0.2, 0.25) is 0 Å². The van der Waals surface area contributed by atoms with Gasteiger partial charge in [0, 0.05) is 38.8 Å². The molecule has 0 radical (unpaired) electrons. The predicted octanol–water partition coefficient (Wildman–Crippen LogP) is 0.387. The lowest BCUT2D eigenvalue weighted by atomic mass is 10.2. The molecule has 3 heterocycles. The lowest BCUT2D eigenvalue weighted by Gasteiger charge is -2.37. The minimum absolute atomic E-state index is 0.0265. The fourth-order valence-corrected chi connectivity index (χ4v) is 3.45. The van der Waals surface area contributed by atoms with E-state index in [4.69, 9.17) is 0 Å². The molecule has 2 aliphatic rings. The van der Waals surface area contributed by atoms with Crippen molar-refractivity contribution in [1.29, 1.82) is 0 Å². The maximum absolute atomic E-state index is 12.7. The molecule has 24 heavy (non-hydrogen) atoms. The summed E-state index contributed by atoms with van der Waals surface area (Å²) in [5.74, 6) is -0.0265. The predicted molar refractivity (Wildman–Crippen MR) is 90.1 cm³/mol. The zero-order chi connectivity index (χ0) is 16.4. The SMILES string of the molecule is O=C(c1cnn(-c2ccccc2)n1)N1CCN(C2CCNC2)CC1. The van der Waals surface area contributed by atoms with Crippen LogP contribution in [0.25, 0.3) is 5.69 Å². The van der Waals surface area contributed by atoms with Gasteiger partial charge < -0.3 is 10.2 Å². The number of para-hydroxylation sites is 1. The molecule has 2 aromatic rings. The zero-order valence-corrected chi connectivity index (χ0v) is 13.6. The van der Waals surface area contributed by atoms with Crippen LogP contribution in [0.15, 0.2) is 36.5 Å². The summed E-state index contributed by atoms with van der Waals surface area (Å²) in [6.45, 7) is 5.56. The van der Waals surface area contributed by atoms with Crippen LogP contribution in [-0.4, -0.2) is 76.0 Å². The maximum Gasteiger partial charge on any atom is 0.276 e. The highest BCUT2D eigenvalue weighted by Crippen LogP contribution is 2.14. The van der Waals surface area contributed by atoms with Gasteiger partial charge in [-0.05, 0) is 25.1 Å². The van der Waals surface area contributed by atoms with E-state index in [9.17, 15) is 4.79 Å². The lowest BCUT2D eigenvalue weighted by molar-refractivity contribution is 0.0578. The molecule has 1 aromatic heterocycles. The Kier molecular flexibility index (Phi) is 4.27. The van der Waals surface area contributed by atoms with Crippen molar-refractivity contribution in [3.63, 3.8) is 0 Å². The summed E-state index contributed by atoms with van der Waals surface area (Å²) in [4.78, 5) is 18.5. The molecule has 1 unspecified atom stereocenters. The van der Waals surface area contributed by atoms with Crippen LogP contribution in [0, 0.1) is 0 Å². The number of hydrogen-bond donors (Lipinski definition) is 1. The maximum atomic E-state index is 12.7. The van der Waals surface area contributed by atoms with E-state index in [1.54, 1.807) is 6.20 Å². The smallest absolute Gasteiger partial charge is 0.276 e. The fourth-order valence-electron chi connectivity index (χ4n) is 3.45. The Bertz CT molecular complexity index is 686. The molecule has 7 nitrogen and oxygen atoms in total. The van der Waals surface area contributed by atoms with E-state index in [1.165, 1.54) is 11.2 Å². The van der Waals surface area contributed by atoms with Gasteiger partial charge in [-0.25, -0.2) is 0 Å². The highest BCUT2D eigenvalue weighted by atomic mass is 16.2. The largest absolute Gasteiger partial charge is 0.335 e. The molecule has 1 aromatic carbocycles. The first-order valence-electron chi connectivity index (χ1n) is 8.53. The summed E-state index contributed by atoms with van der Waals surface area (Å²) in [5.41, 5.74) is 1.27. The van der Waals surface area contributed by atoms with Crippen LogP contribution in [0.5, 0.6) is 0 Å². The van der Waals surface area contributed by atoms with Crippen LogP contribution in [0.1, 0.15) is 16.9 Å². The van der Waals surface area contributed by atoms with Crippen molar-refractivity contribution < 1.29 is 4.79 Å². The van der Waals surface area contributed by atoms with E-state index in [0.29, 0.717) is 11.7 Å². The fraction of sp³-hybridized carbons (Fsp3) is 0.471. The Labute approximate surface area is 141 Å². The number of hydrogen-bond acceptors (Lipinski definition) is 5. The van der Waals surface area contributed by atoms with E-state index in [-0.39, 0.29) is 5.91 Å². The number of rotatable bonds is 3. The third-order valence-electron chi connectivity index (χ3n) is 4.85. The standard InChI is InChI=1S/C17H22N6O/c24-17(16-13-19-23(20-16)14-4-2-1-3-5-14)22-10-8-21(9-11-22)15-6-7-18-12-15/h1-5,13,15,18H,6-12H2. The van der Waals surface area contributed by atoms with Gasteiger partial charge in [-0.15, -0.1) is 5.10 Å². The van der Waals surface area contributed by atoms with Crippen molar-refractivity contribution >= 4 is 5.91 Å². The van der Waals surface area contributed by atoms with E-state index in [2.05, 4.69) is 20.4 Å². The first kappa shape index (κ1) is 15.3. The molecule has 4 rings (SSSR count). The van der Waals surface area contributed by atoms with Crippen molar-refractivity contribution in [1.82, 2.24) is 30.1 Å². The molecule has 0 spiro atoms. The number of carbonyl (C=O) groups is 1. The second-order valence-corrected chi connectivity index (χ2v) is 6.33. The zero-order valence-electron chi connectivity index (χ0n) is 13.6. The van der Waals surface area contributed by atoms with Gasteiger partial charge >= 0.3 is 0 Å². The second-order valence-electron chi connectivity index (χ2n) is 6.33.